The normalized spacial score (nSPS) is 13.8. The topological polar surface area (TPSA) is 55.9 Å². The van der Waals surface area contributed by atoms with E-state index in [1.807, 2.05) is 33.3 Å². The van der Waals surface area contributed by atoms with Gasteiger partial charge >= 0.3 is 0 Å². The lowest BCUT2D eigenvalue weighted by Gasteiger charge is -2.15. The molecule has 0 amide bonds. The number of rotatable bonds is 5. The summed E-state index contributed by atoms with van der Waals surface area (Å²) in [4.78, 5) is 0. The van der Waals surface area contributed by atoms with Gasteiger partial charge in [0.25, 0.3) is 0 Å². The smallest absolute Gasteiger partial charge is 0.154 e. The lowest BCUT2D eigenvalue weighted by atomic mass is 9.91. The molecule has 7 heteroatoms. The van der Waals surface area contributed by atoms with Crippen molar-refractivity contribution >= 4 is 11.6 Å². The summed E-state index contributed by atoms with van der Waals surface area (Å²) in [5, 5.41) is 19.4. The van der Waals surface area contributed by atoms with Crippen LogP contribution in [0.5, 0.6) is 0 Å². The van der Waals surface area contributed by atoms with E-state index in [-0.39, 0.29) is 11.7 Å². The van der Waals surface area contributed by atoms with Gasteiger partial charge in [-0.05, 0) is 37.6 Å². The van der Waals surface area contributed by atoms with E-state index in [9.17, 15) is 9.50 Å². The lowest BCUT2D eigenvalue weighted by Crippen LogP contribution is -2.01. The first-order valence-electron chi connectivity index (χ1n) is 8.56. The van der Waals surface area contributed by atoms with Gasteiger partial charge < -0.3 is 5.11 Å². The van der Waals surface area contributed by atoms with Crippen molar-refractivity contribution in [1.82, 2.24) is 19.6 Å². The van der Waals surface area contributed by atoms with Gasteiger partial charge in [-0.1, -0.05) is 18.5 Å². The number of aryl methyl sites for hydroxylation is 2. The van der Waals surface area contributed by atoms with Gasteiger partial charge in [-0.2, -0.15) is 10.2 Å². The molecule has 0 radical (unpaired) electrons. The molecule has 0 saturated carbocycles. The molecular weight excluding hydrogens is 355 g/mol. The van der Waals surface area contributed by atoms with E-state index in [0.29, 0.717) is 22.0 Å². The average molecular weight is 377 g/mol. The molecular formula is C19H22ClFN4O. The third-order valence-corrected chi connectivity index (χ3v) is 4.87. The zero-order chi connectivity index (χ0) is 19.0. The van der Waals surface area contributed by atoms with Crippen molar-refractivity contribution in [3.8, 4) is 11.3 Å². The molecule has 0 bridgehead atoms. The van der Waals surface area contributed by atoms with Crippen molar-refractivity contribution in [2.24, 2.45) is 7.05 Å². The molecule has 2 atom stereocenters. The summed E-state index contributed by atoms with van der Waals surface area (Å²) in [6, 6.07) is 4.39. The van der Waals surface area contributed by atoms with Crippen LogP contribution in [0.15, 0.2) is 30.6 Å². The Hall–Kier alpha value is -2.18. The molecule has 138 valence electrons. The fraction of sp³-hybridized carbons (Fsp3) is 0.368. The molecule has 0 spiro atoms. The van der Waals surface area contributed by atoms with Gasteiger partial charge in [0, 0.05) is 48.6 Å². The van der Waals surface area contributed by atoms with Crippen molar-refractivity contribution in [2.45, 2.75) is 39.3 Å². The summed E-state index contributed by atoms with van der Waals surface area (Å²) in [6.45, 7) is 6.39. The molecule has 0 aliphatic carbocycles. The van der Waals surface area contributed by atoms with E-state index in [0.717, 1.165) is 17.7 Å². The quantitative estimate of drug-likeness (QED) is 0.722. The van der Waals surface area contributed by atoms with E-state index < -0.39 is 6.10 Å². The van der Waals surface area contributed by atoms with E-state index in [2.05, 4.69) is 10.2 Å². The average Bonchev–Trinajstić information content (AvgIpc) is 3.16. The minimum Gasteiger partial charge on any atom is -0.389 e. The van der Waals surface area contributed by atoms with E-state index in [1.54, 1.807) is 22.4 Å². The van der Waals surface area contributed by atoms with E-state index >= 15 is 0 Å². The maximum Gasteiger partial charge on any atom is 0.154 e. The Morgan fingerprint density at radius 2 is 1.88 bits per heavy atom. The number of hydrogen-bond acceptors (Lipinski definition) is 3. The Kier molecular flexibility index (Phi) is 5.16. The highest BCUT2D eigenvalue weighted by Crippen LogP contribution is 2.37. The van der Waals surface area contributed by atoms with Crippen molar-refractivity contribution in [2.75, 3.05) is 0 Å². The van der Waals surface area contributed by atoms with Crippen LogP contribution in [0.3, 0.4) is 0 Å². The highest BCUT2D eigenvalue weighted by atomic mass is 35.5. The molecule has 3 rings (SSSR count). The van der Waals surface area contributed by atoms with Crippen LogP contribution in [0, 0.1) is 5.82 Å². The van der Waals surface area contributed by atoms with Crippen molar-refractivity contribution in [3.05, 3.63) is 58.3 Å². The zero-order valence-corrected chi connectivity index (χ0v) is 16.0. The van der Waals surface area contributed by atoms with Gasteiger partial charge in [0.1, 0.15) is 5.82 Å². The van der Waals surface area contributed by atoms with Crippen molar-refractivity contribution < 1.29 is 9.50 Å². The van der Waals surface area contributed by atoms with Gasteiger partial charge in [-0.3, -0.25) is 9.36 Å². The highest BCUT2D eigenvalue weighted by Gasteiger charge is 2.24. The second kappa shape index (κ2) is 7.21. The van der Waals surface area contributed by atoms with Crippen LogP contribution in [0.2, 0.25) is 5.15 Å². The molecule has 3 aromatic rings. The van der Waals surface area contributed by atoms with E-state index in [1.165, 1.54) is 12.1 Å². The summed E-state index contributed by atoms with van der Waals surface area (Å²) in [5.74, 6) is -0.444. The van der Waals surface area contributed by atoms with Gasteiger partial charge in [0.05, 0.1) is 11.8 Å². The van der Waals surface area contributed by atoms with E-state index in [4.69, 9.17) is 11.6 Å². The molecule has 2 aromatic heterocycles. The summed E-state index contributed by atoms with van der Waals surface area (Å²) in [5.41, 5.74) is 3.77. The third kappa shape index (κ3) is 3.39. The Morgan fingerprint density at radius 3 is 2.50 bits per heavy atom. The van der Waals surface area contributed by atoms with Crippen LogP contribution >= 0.6 is 11.6 Å². The number of aliphatic hydroxyl groups excluding tert-OH is 1. The molecule has 0 saturated heterocycles. The lowest BCUT2D eigenvalue weighted by molar-refractivity contribution is 0.199. The van der Waals surface area contributed by atoms with Crippen molar-refractivity contribution in [1.29, 1.82) is 0 Å². The summed E-state index contributed by atoms with van der Waals surface area (Å²) < 4.78 is 17.2. The summed E-state index contributed by atoms with van der Waals surface area (Å²) >= 11 is 6.33. The fourth-order valence-corrected chi connectivity index (χ4v) is 3.47. The van der Waals surface area contributed by atoms with Gasteiger partial charge in [-0.15, -0.1) is 0 Å². The largest absolute Gasteiger partial charge is 0.389 e. The first-order chi connectivity index (χ1) is 12.3. The van der Waals surface area contributed by atoms with Gasteiger partial charge in [0.2, 0.25) is 0 Å². The molecule has 0 aliphatic heterocycles. The molecule has 1 unspecified atom stereocenters. The van der Waals surface area contributed by atoms with Crippen LogP contribution in [0.4, 0.5) is 4.39 Å². The van der Waals surface area contributed by atoms with Gasteiger partial charge in [0.15, 0.2) is 5.15 Å². The molecule has 2 heterocycles. The number of nitrogens with zero attached hydrogens (tertiary/aromatic N) is 4. The van der Waals surface area contributed by atoms with Crippen LogP contribution in [0.25, 0.3) is 11.3 Å². The second-order valence-electron chi connectivity index (χ2n) is 6.47. The predicted molar refractivity (Wildman–Crippen MR) is 99.7 cm³/mol. The number of benzene rings is 1. The summed E-state index contributed by atoms with van der Waals surface area (Å²) in [7, 11) is 1.84. The fourth-order valence-electron chi connectivity index (χ4n) is 3.16. The molecule has 0 aliphatic rings. The number of halogens is 2. The Bertz CT molecular complexity index is 932. The molecule has 26 heavy (non-hydrogen) atoms. The second-order valence-corrected chi connectivity index (χ2v) is 6.82. The maximum absolute atomic E-state index is 13.7. The van der Waals surface area contributed by atoms with Crippen molar-refractivity contribution in [3.63, 3.8) is 0 Å². The van der Waals surface area contributed by atoms with Crippen LogP contribution in [-0.2, 0) is 13.6 Å². The Labute approximate surface area is 157 Å². The van der Waals surface area contributed by atoms with Crippen LogP contribution < -0.4 is 0 Å². The Balaban J connectivity index is 2.14. The Morgan fingerprint density at radius 1 is 1.15 bits per heavy atom. The minimum atomic E-state index is -0.808. The number of aromatic nitrogens is 4. The number of aliphatic hydroxyl groups is 1. The SMILES string of the molecule is CCn1cc(C(C)c2cn(C)nc2-c2ccc(F)cc2[C@@H](C)O)c(Cl)n1. The first kappa shape index (κ1) is 18.6. The van der Waals surface area contributed by atoms with Crippen LogP contribution in [-0.4, -0.2) is 24.7 Å². The zero-order valence-electron chi connectivity index (χ0n) is 15.2. The first-order valence-corrected chi connectivity index (χ1v) is 8.93. The monoisotopic (exact) mass is 376 g/mol. The maximum atomic E-state index is 13.7. The predicted octanol–water partition coefficient (Wildman–Crippen LogP) is 4.30. The molecule has 0 fully saturated rings. The van der Waals surface area contributed by atoms with Gasteiger partial charge in [-0.25, -0.2) is 4.39 Å². The summed E-state index contributed by atoms with van der Waals surface area (Å²) in [6.07, 6.45) is 3.05. The third-order valence-electron chi connectivity index (χ3n) is 4.58. The molecule has 1 N–H and O–H groups in total. The molecule has 1 aromatic carbocycles. The molecule has 5 nitrogen and oxygen atoms in total. The standard InChI is InChI=1S/C19H22ClFN4O/c1-5-25-10-17(19(20)23-25)11(2)16-9-24(4)22-18(16)14-7-6-13(21)8-15(14)12(3)26/h6-12,26H,5H2,1-4H3/t11?,12-/m1/s1. The highest BCUT2D eigenvalue weighted by molar-refractivity contribution is 6.30. The number of hydrogen-bond donors (Lipinski definition) is 1. The van der Waals surface area contributed by atoms with Crippen LogP contribution in [0.1, 0.15) is 49.5 Å². The minimum absolute atomic E-state index is 0.0570.